The molecular weight excluding hydrogens is 418 g/mol. The summed E-state index contributed by atoms with van der Waals surface area (Å²) in [5, 5.41) is 37.5. The Morgan fingerprint density at radius 1 is 0.788 bits per heavy atom. The van der Waals surface area contributed by atoms with Gasteiger partial charge in [0, 0.05) is 12.2 Å². The van der Waals surface area contributed by atoms with Crippen molar-refractivity contribution in [2.75, 3.05) is 6.61 Å². The lowest BCUT2D eigenvalue weighted by atomic mass is 9.97. The Morgan fingerprint density at radius 3 is 1.58 bits per heavy atom. The van der Waals surface area contributed by atoms with Crippen LogP contribution in [-0.2, 0) is 4.79 Å². The first-order valence-electron chi connectivity index (χ1n) is 11.1. The molecule has 33 heavy (non-hydrogen) atoms. The quantitative estimate of drug-likeness (QED) is 0.389. The third-order valence-corrected chi connectivity index (χ3v) is 4.85. The van der Waals surface area contributed by atoms with E-state index in [4.69, 9.17) is 10.2 Å². The number of carboxylic acid groups (broad SMARTS) is 1. The van der Waals surface area contributed by atoms with Crippen LogP contribution in [0, 0.1) is 0 Å². The van der Waals surface area contributed by atoms with E-state index in [-0.39, 0.29) is 6.04 Å². The Balaban J connectivity index is 0.000000278. The van der Waals surface area contributed by atoms with Crippen molar-refractivity contribution in [3.8, 4) is 0 Å². The summed E-state index contributed by atoms with van der Waals surface area (Å²) in [7, 11) is 0. The van der Waals surface area contributed by atoms with Gasteiger partial charge in [-0.15, -0.1) is 0 Å². The fraction of sp³-hybridized carbons (Fsp3) is 0.296. The number of unbranched alkanes of at least 4 members (excludes halogenated alkanes) is 2. The van der Waals surface area contributed by atoms with Gasteiger partial charge in [0.25, 0.3) is 0 Å². The van der Waals surface area contributed by atoms with E-state index in [1.165, 1.54) is 18.6 Å². The van der Waals surface area contributed by atoms with Gasteiger partial charge >= 0.3 is 0 Å². The molecule has 3 atom stereocenters. The van der Waals surface area contributed by atoms with Crippen LogP contribution in [0.5, 0.6) is 0 Å². The zero-order chi connectivity index (χ0) is 24.5. The van der Waals surface area contributed by atoms with Crippen LogP contribution in [0.15, 0.2) is 91.0 Å². The van der Waals surface area contributed by atoms with Crippen LogP contribution in [0.3, 0.4) is 0 Å². The summed E-state index contributed by atoms with van der Waals surface area (Å²) < 4.78 is 0. The lowest BCUT2D eigenvalue weighted by molar-refractivity contribution is -0.446. The first kappa shape index (κ1) is 28.0. The van der Waals surface area contributed by atoms with Gasteiger partial charge in [0.15, 0.2) is 0 Å². The highest BCUT2D eigenvalue weighted by Crippen LogP contribution is 2.24. The fourth-order valence-corrected chi connectivity index (χ4v) is 2.90. The number of hydrogen-bond acceptors (Lipinski definition) is 5. The first-order valence-corrected chi connectivity index (χ1v) is 11.1. The highest BCUT2D eigenvalue weighted by Gasteiger charge is 2.21. The Morgan fingerprint density at radius 2 is 1.21 bits per heavy atom. The molecule has 178 valence electrons. The first-order chi connectivity index (χ1) is 15.9. The van der Waals surface area contributed by atoms with Crippen molar-refractivity contribution in [1.29, 1.82) is 0 Å². The predicted octanol–water partition coefficient (Wildman–Crippen LogP) is 2.34. The van der Waals surface area contributed by atoms with Gasteiger partial charge in [0.2, 0.25) is 0 Å². The summed E-state index contributed by atoms with van der Waals surface area (Å²) in [5.74, 6) is -1.48. The SMILES string of the molecule is CCCCCO.O=C([O-])[C@@H](O)c1ccccc1.[NH3+][C@@H](c1ccccc1)[C@H](O)c1ccccc1. The summed E-state index contributed by atoms with van der Waals surface area (Å²) in [6.45, 7) is 2.48. The van der Waals surface area contributed by atoms with Crippen LogP contribution in [0.2, 0.25) is 0 Å². The second kappa shape index (κ2) is 16.6. The highest BCUT2D eigenvalue weighted by molar-refractivity contribution is 5.71. The number of rotatable bonds is 8. The Kier molecular flexibility index (Phi) is 14.1. The molecule has 0 aliphatic rings. The molecule has 6 nitrogen and oxygen atoms in total. The molecule has 3 rings (SSSR count). The van der Waals surface area contributed by atoms with Gasteiger partial charge < -0.3 is 31.0 Å². The molecule has 6 heteroatoms. The van der Waals surface area contributed by atoms with Crippen LogP contribution < -0.4 is 10.8 Å². The van der Waals surface area contributed by atoms with Crippen LogP contribution in [0.1, 0.15) is 61.1 Å². The predicted molar refractivity (Wildman–Crippen MR) is 126 cm³/mol. The molecule has 6 N–H and O–H groups in total. The Labute approximate surface area is 196 Å². The number of carbonyl (C=O) groups is 1. The summed E-state index contributed by atoms with van der Waals surface area (Å²) in [4.78, 5) is 10.1. The third-order valence-electron chi connectivity index (χ3n) is 4.85. The molecule has 0 aromatic heterocycles. The molecule has 3 aromatic carbocycles. The maximum atomic E-state index is 10.2. The lowest BCUT2D eigenvalue weighted by Crippen LogP contribution is -2.56. The largest absolute Gasteiger partial charge is 0.547 e. The highest BCUT2D eigenvalue weighted by atomic mass is 16.4. The van der Waals surface area contributed by atoms with Crippen molar-refractivity contribution in [3.05, 3.63) is 108 Å². The summed E-state index contributed by atoms with van der Waals surface area (Å²) in [6.07, 6.45) is 1.26. The molecule has 3 aromatic rings. The van der Waals surface area contributed by atoms with Gasteiger partial charge in [-0.25, -0.2) is 0 Å². The van der Waals surface area contributed by atoms with Crippen molar-refractivity contribution in [2.24, 2.45) is 0 Å². The maximum absolute atomic E-state index is 10.2. The van der Waals surface area contributed by atoms with Gasteiger partial charge in [-0.2, -0.15) is 0 Å². The minimum Gasteiger partial charge on any atom is -0.547 e. The molecule has 0 saturated heterocycles. The Bertz CT molecular complexity index is 827. The molecule has 0 fully saturated rings. The average molecular weight is 454 g/mol. The normalized spacial score (nSPS) is 12.8. The van der Waals surface area contributed by atoms with E-state index in [0.29, 0.717) is 12.2 Å². The molecule has 0 aliphatic carbocycles. The minimum absolute atomic E-state index is 0.136. The molecule has 0 radical (unpaired) electrons. The molecular formula is C27H35NO5. The van der Waals surface area contributed by atoms with Gasteiger partial charge in [-0.05, 0) is 17.5 Å². The van der Waals surface area contributed by atoms with Crippen molar-refractivity contribution < 1.29 is 31.0 Å². The topological polar surface area (TPSA) is 128 Å². The van der Waals surface area contributed by atoms with E-state index in [1.54, 1.807) is 18.2 Å². The van der Waals surface area contributed by atoms with Crippen molar-refractivity contribution in [1.82, 2.24) is 0 Å². The van der Waals surface area contributed by atoms with E-state index in [2.05, 4.69) is 12.7 Å². The standard InChI is InChI=1S/C14H15NO.C8H8O3.C5H12O/c15-13(11-7-3-1-4-8-11)14(16)12-9-5-2-6-10-12;9-7(8(10)11)6-4-2-1-3-5-6;1-2-3-4-5-6/h1-10,13-14,16H,15H2;1-5,7,9H,(H,10,11);6H,2-5H2,1H3/t13-,14+;7-;/m00./s1. The number of quaternary nitrogens is 1. The van der Waals surface area contributed by atoms with Gasteiger partial charge in [-0.1, -0.05) is 111 Å². The molecule has 0 bridgehead atoms. The van der Waals surface area contributed by atoms with E-state index < -0.39 is 18.2 Å². The number of carbonyl (C=O) groups excluding carboxylic acids is 1. The summed E-state index contributed by atoms with van der Waals surface area (Å²) in [5.41, 5.74) is 6.34. The lowest BCUT2D eigenvalue weighted by Gasteiger charge is -2.16. The number of aliphatic hydroxyl groups excluding tert-OH is 3. The number of hydrogen-bond donors (Lipinski definition) is 4. The van der Waals surface area contributed by atoms with Crippen LogP contribution in [0.4, 0.5) is 0 Å². The van der Waals surface area contributed by atoms with Gasteiger partial charge in [0.1, 0.15) is 18.2 Å². The van der Waals surface area contributed by atoms with E-state index >= 15 is 0 Å². The molecule has 0 unspecified atom stereocenters. The molecule has 0 amide bonds. The maximum Gasteiger partial charge on any atom is 0.140 e. The third kappa shape index (κ3) is 10.9. The zero-order valence-corrected chi connectivity index (χ0v) is 19.1. The Hall–Kier alpha value is -3.03. The van der Waals surface area contributed by atoms with Gasteiger partial charge in [0.05, 0.1) is 5.97 Å². The van der Waals surface area contributed by atoms with E-state index in [9.17, 15) is 15.0 Å². The van der Waals surface area contributed by atoms with Crippen molar-refractivity contribution in [3.63, 3.8) is 0 Å². The molecule has 0 spiro atoms. The van der Waals surface area contributed by atoms with Crippen molar-refractivity contribution in [2.45, 2.75) is 44.4 Å². The average Bonchev–Trinajstić information content (AvgIpc) is 2.88. The molecule has 0 heterocycles. The van der Waals surface area contributed by atoms with Gasteiger partial charge in [-0.3, -0.25) is 0 Å². The number of benzene rings is 3. The minimum atomic E-state index is -1.52. The monoisotopic (exact) mass is 453 g/mol. The smallest absolute Gasteiger partial charge is 0.140 e. The second-order valence-corrected chi connectivity index (χ2v) is 7.44. The fourth-order valence-electron chi connectivity index (χ4n) is 2.90. The van der Waals surface area contributed by atoms with Crippen LogP contribution in [-0.4, -0.2) is 27.9 Å². The number of carboxylic acids is 1. The summed E-state index contributed by atoms with van der Waals surface area (Å²) >= 11 is 0. The zero-order valence-electron chi connectivity index (χ0n) is 19.1. The van der Waals surface area contributed by atoms with Crippen LogP contribution >= 0.6 is 0 Å². The number of aliphatic hydroxyl groups is 3. The van der Waals surface area contributed by atoms with Crippen molar-refractivity contribution >= 4 is 5.97 Å². The molecule has 0 aliphatic heterocycles. The second-order valence-electron chi connectivity index (χ2n) is 7.44. The molecule has 0 saturated carbocycles. The van der Waals surface area contributed by atoms with E-state index in [0.717, 1.165) is 24.0 Å². The summed E-state index contributed by atoms with van der Waals surface area (Å²) in [6, 6.07) is 27.5. The number of aliphatic carboxylic acids is 1. The van der Waals surface area contributed by atoms with Crippen LogP contribution in [0.25, 0.3) is 0 Å². The van der Waals surface area contributed by atoms with E-state index in [1.807, 2.05) is 60.7 Å².